The molecule has 0 aromatic carbocycles. The molecule has 3 rings (SSSR count). The molecule has 0 spiro atoms. The van der Waals surface area contributed by atoms with Gasteiger partial charge in [-0.15, -0.1) is 11.8 Å². The largest absolute Gasteiger partial charge is 0.300 e. The van der Waals surface area contributed by atoms with Crippen LogP contribution in [-0.2, 0) is 0 Å². The molecule has 0 unspecified atom stereocenters. The van der Waals surface area contributed by atoms with Crippen LogP contribution in [0.3, 0.4) is 0 Å². The van der Waals surface area contributed by atoms with Gasteiger partial charge in [0.1, 0.15) is 0 Å². The van der Waals surface area contributed by atoms with E-state index in [4.69, 9.17) is 0 Å². The molecule has 3 aliphatic rings. The summed E-state index contributed by atoms with van der Waals surface area (Å²) in [6.45, 7) is 19.8. The Hall–Kier alpha value is 0.230. The van der Waals surface area contributed by atoms with Gasteiger partial charge in [-0.25, -0.2) is 0 Å². The Kier molecular flexibility index (Phi) is 6.79. The maximum atomic E-state index is 2.83. The predicted molar refractivity (Wildman–Crippen MR) is 111 cm³/mol. The second kappa shape index (κ2) is 8.50. The van der Waals surface area contributed by atoms with Gasteiger partial charge in [0.05, 0.1) is 0 Å². The van der Waals surface area contributed by atoms with E-state index in [1.165, 1.54) is 70.8 Å². The molecule has 0 atom stereocenters. The van der Waals surface area contributed by atoms with Crippen molar-refractivity contribution in [3.63, 3.8) is 0 Å². The summed E-state index contributed by atoms with van der Waals surface area (Å²) in [6, 6.07) is 1.71. The normalized spacial score (nSPS) is 27.1. The molecule has 4 heteroatoms. The Bertz CT molecular complexity index is 398. The van der Waals surface area contributed by atoms with E-state index in [1.54, 1.807) is 0 Å². The Morgan fingerprint density at radius 1 is 0.840 bits per heavy atom. The Morgan fingerprint density at radius 2 is 1.36 bits per heavy atom. The quantitative estimate of drug-likeness (QED) is 0.726. The third-order valence-electron chi connectivity index (χ3n) is 6.81. The van der Waals surface area contributed by atoms with Gasteiger partial charge in [-0.05, 0) is 50.1 Å². The molecule has 0 aromatic rings. The van der Waals surface area contributed by atoms with E-state index in [-0.39, 0.29) is 0 Å². The van der Waals surface area contributed by atoms with Crippen LogP contribution in [0.1, 0.15) is 60.3 Å². The van der Waals surface area contributed by atoms with Gasteiger partial charge in [0.25, 0.3) is 0 Å². The molecule has 0 aromatic heterocycles. The number of thioether (sulfide) groups is 1. The zero-order chi connectivity index (χ0) is 18.0. The Labute approximate surface area is 160 Å². The molecule has 3 heterocycles. The van der Waals surface area contributed by atoms with Gasteiger partial charge in [0, 0.05) is 49.4 Å². The minimum Gasteiger partial charge on any atom is -0.300 e. The monoisotopic (exact) mass is 367 g/mol. The van der Waals surface area contributed by atoms with Gasteiger partial charge in [-0.2, -0.15) is 0 Å². The highest BCUT2D eigenvalue weighted by molar-refractivity contribution is 7.99. The van der Waals surface area contributed by atoms with Crippen LogP contribution in [0, 0.1) is 11.3 Å². The van der Waals surface area contributed by atoms with Gasteiger partial charge < -0.3 is 4.90 Å². The van der Waals surface area contributed by atoms with Crippen LogP contribution in [0.25, 0.3) is 0 Å². The van der Waals surface area contributed by atoms with E-state index in [0.717, 1.165) is 23.3 Å². The van der Waals surface area contributed by atoms with Crippen molar-refractivity contribution in [2.75, 3.05) is 45.1 Å². The smallest absolute Gasteiger partial charge is 0.0448 e. The number of hydrogen-bond acceptors (Lipinski definition) is 4. The molecule has 3 saturated heterocycles. The Morgan fingerprint density at radius 3 is 1.88 bits per heavy atom. The average molecular weight is 368 g/mol. The first kappa shape index (κ1) is 20.0. The molecule has 3 nitrogen and oxygen atoms in total. The van der Waals surface area contributed by atoms with Crippen molar-refractivity contribution in [1.29, 1.82) is 0 Å². The summed E-state index contributed by atoms with van der Waals surface area (Å²) < 4.78 is 0. The lowest BCUT2D eigenvalue weighted by molar-refractivity contribution is 0.00313. The van der Waals surface area contributed by atoms with E-state index in [9.17, 15) is 0 Å². The van der Waals surface area contributed by atoms with Crippen molar-refractivity contribution < 1.29 is 0 Å². The van der Waals surface area contributed by atoms with Crippen LogP contribution in [0.2, 0.25) is 0 Å². The molecule has 0 saturated carbocycles. The number of nitrogens with zero attached hydrogens (tertiary/aromatic N) is 3. The molecule has 3 aliphatic heterocycles. The Balaban J connectivity index is 1.33. The first-order chi connectivity index (χ1) is 11.8. The van der Waals surface area contributed by atoms with E-state index < -0.39 is 0 Å². The molecular formula is C21H41N3S. The molecule has 0 bridgehead atoms. The lowest BCUT2D eigenvalue weighted by Gasteiger charge is -2.49. The second-order valence-electron chi connectivity index (χ2n) is 9.98. The lowest BCUT2D eigenvalue weighted by atomic mass is 9.75. The molecular weight excluding hydrogens is 326 g/mol. The number of rotatable bonds is 5. The summed E-state index contributed by atoms with van der Waals surface area (Å²) in [5.74, 6) is 2.15. The van der Waals surface area contributed by atoms with Crippen molar-refractivity contribution >= 4 is 11.8 Å². The van der Waals surface area contributed by atoms with Crippen LogP contribution in [0.4, 0.5) is 0 Å². The van der Waals surface area contributed by atoms with Gasteiger partial charge in [-0.3, -0.25) is 9.80 Å². The third-order valence-corrected chi connectivity index (χ3v) is 8.00. The summed E-state index contributed by atoms with van der Waals surface area (Å²) in [6.07, 6.45) is 5.62. The number of hydrogen-bond donors (Lipinski definition) is 0. The molecule has 0 aliphatic carbocycles. The molecule has 0 N–H and O–H groups in total. The summed E-state index contributed by atoms with van der Waals surface area (Å²) in [5, 5.41) is 0.761. The molecule has 0 radical (unpaired) electrons. The van der Waals surface area contributed by atoms with Gasteiger partial charge in [0.15, 0.2) is 0 Å². The second-order valence-corrected chi connectivity index (χ2v) is 11.5. The highest BCUT2D eigenvalue weighted by Gasteiger charge is 2.36. The van der Waals surface area contributed by atoms with Crippen molar-refractivity contribution in [1.82, 2.24) is 14.7 Å². The number of piperidine rings is 2. The zero-order valence-electron chi connectivity index (χ0n) is 17.3. The van der Waals surface area contributed by atoms with Crippen LogP contribution < -0.4 is 0 Å². The van der Waals surface area contributed by atoms with Crippen molar-refractivity contribution in [3.05, 3.63) is 0 Å². The van der Waals surface area contributed by atoms with Gasteiger partial charge in [0.2, 0.25) is 0 Å². The zero-order valence-corrected chi connectivity index (χ0v) is 18.2. The highest BCUT2D eigenvalue weighted by Crippen LogP contribution is 2.35. The van der Waals surface area contributed by atoms with Crippen LogP contribution in [0.15, 0.2) is 0 Å². The minimum atomic E-state index is 0.499. The van der Waals surface area contributed by atoms with Crippen LogP contribution in [-0.4, -0.2) is 77.2 Å². The molecule has 25 heavy (non-hydrogen) atoms. The van der Waals surface area contributed by atoms with Crippen molar-refractivity contribution in [2.45, 2.75) is 77.6 Å². The maximum Gasteiger partial charge on any atom is 0.0448 e. The van der Waals surface area contributed by atoms with E-state index >= 15 is 0 Å². The standard InChI is InChI=1S/C21H41N3S/c1-17(2)25-16-22-14-20(15-22)24-12-8-19(9-13-24)23-10-6-18(7-11-23)21(3,4)5/h17-20H,6-16H2,1-5H3. The van der Waals surface area contributed by atoms with E-state index in [0.29, 0.717) is 5.41 Å². The molecule has 146 valence electrons. The van der Waals surface area contributed by atoms with Gasteiger partial charge in [-0.1, -0.05) is 34.6 Å². The van der Waals surface area contributed by atoms with E-state index in [1.807, 2.05) is 0 Å². The summed E-state index contributed by atoms with van der Waals surface area (Å²) >= 11 is 2.09. The molecule has 3 fully saturated rings. The number of likely N-dealkylation sites (tertiary alicyclic amines) is 3. The predicted octanol–water partition coefficient (Wildman–Crippen LogP) is 3.99. The fourth-order valence-electron chi connectivity index (χ4n) is 4.88. The minimum absolute atomic E-state index is 0.499. The topological polar surface area (TPSA) is 9.72 Å². The molecule has 0 amide bonds. The lowest BCUT2D eigenvalue weighted by Crippen LogP contribution is -2.61. The third kappa shape index (κ3) is 5.37. The van der Waals surface area contributed by atoms with Gasteiger partial charge >= 0.3 is 0 Å². The average Bonchev–Trinajstić information content (AvgIpc) is 2.53. The fourth-order valence-corrected chi connectivity index (χ4v) is 5.60. The maximum absolute atomic E-state index is 2.83. The van der Waals surface area contributed by atoms with Crippen molar-refractivity contribution in [3.8, 4) is 0 Å². The first-order valence-corrected chi connectivity index (χ1v) is 11.7. The van der Waals surface area contributed by atoms with Crippen molar-refractivity contribution in [2.24, 2.45) is 11.3 Å². The van der Waals surface area contributed by atoms with E-state index in [2.05, 4.69) is 61.1 Å². The highest BCUT2D eigenvalue weighted by atomic mass is 32.2. The summed E-state index contributed by atoms with van der Waals surface area (Å²) in [7, 11) is 0. The van der Waals surface area contributed by atoms with Crippen LogP contribution in [0.5, 0.6) is 0 Å². The summed E-state index contributed by atoms with van der Waals surface area (Å²) in [5.41, 5.74) is 0.499. The first-order valence-electron chi connectivity index (χ1n) is 10.6. The van der Waals surface area contributed by atoms with Crippen LogP contribution >= 0.6 is 11.8 Å². The summed E-state index contributed by atoms with van der Waals surface area (Å²) in [4.78, 5) is 8.24. The SMILES string of the molecule is CC(C)SCN1CC(N2CCC(N3CCC(C(C)(C)C)CC3)CC2)C1. The fraction of sp³-hybridized carbons (Fsp3) is 1.00.